The van der Waals surface area contributed by atoms with Gasteiger partial charge in [0.05, 0.1) is 6.20 Å². The Hall–Kier alpha value is -0.990. The van der Waals surface area contributed by atoms with Gasteiger partial charge in [0.25, 0.3) is 6.01 Å². The zero-order valence-electron chi connectivity index (χ0n) is 6.51. The number of rotatable bonds is 0. The number of hydrogen-bond donors (Lipinski definition) is 1. The number of oxazole rings is 1. The molecule has 0 amide bonds. The topological polar surface area (TPSA) is 52.0 Å². The summed E-state index contributed by atoms with van der Waals surface area (Å²) in [5.41, 5.74) is 5.30. The first-order valence-corrected chi connectivity index (χ1v) is 3.22. The molecule has 0 unspecified atom stereocenters. The summed E-state index contributed by atoms with van der Waals surface area (Å²) in [5, 5.41) is 0. The molecule has 0 fully saturated rings. The molecule has 1 rings (SSSR count). The zero-order valence-corrected chi connectivity index (χ0v) is 6.51. The molecule has 0 radical (unpaired) electrons. The van der Waals surface area contributed by atoms with Gasteiger partial charge in [-0.1, -0.05) is 20.8 Å². The summed E-state index contributed by atoms with van der Waals surface area (Å²) < 4.78 is 5.11. The standard InChI is InChI=1S/C7H12N2O/c1-7(2,3)5-4-9-6(8)10-5/h4H,1-3H3,(H2,8,9). The molecule has 0 aliphatic heterocycles. The summed E-state index contributed by atoms with van der Waals surface area (Å²) in [6.07, 6.45) is 1.66. The SMILES string of the molecule is CC(C)(C)c1cnc(N)o1. The second-order valence-corrected chi connectivity index (χ2v) is 3.31. The third-order valence-electron chi connectivity index (χ3n) is 1.26. The van der Waals surface area contributed by atoms with Crippen LogP contribution in [0.2, 0.25) is 0 Å². The Bertz CT molecular complexity index is 222. The predicted molar refractivity (Wildman–Crippen MR) is 39.6 cm³/mol. The Balaban J connectivity index is 2.96. The third kappa shape index (κ3) is 1.29. The van der Waals surface area contributed by atoms with Crippen LogP contribution >= 0.6 is 0 Å². The summed E-state index contributed by atoms with van der Waals surface area (Å²) in [4.78, 5) is 3.79. The van der Waals surface area contributed by atoms with Gasteiger partial charge in [0, 0.05) is 5.41 Å². The van der Waals surface area contributed by atoms with E-state index in [1.54, 1.807) is 6.20 Å². The summed E-state index contributed by atoms with van der Waals surface area (Å²) in [6.45, 7) is 6.15. The number of hydrogen-bond acceptors (Lipinski definition) is 3. The van der Waals surface area contributed by atoms with Gasteiger partial charge in [-0.2, -0.15) is 0 Å². The van der Waals surface area contributed by atoms with Gasteiger partial charge in [-0.15, -0.1) is 0 Å². The number of nitrogens with two attached hydrogens (primary N) is 1. The van der Waals surface area contributed by atoms with Gasteiger partial charge < -0.3 is 10.2 Å². The molecule has 3 heteroatoms. The molecule has 0 aliphatic rings. The van der Waals surface area contributed by atoms with Crippen molar-refractivity contribution in [1.29, 1.82) is 0 Å². The lowest BCUT2D eigenvalue weighted by atomic mass is 9.94. The van der Waals surface area contributed by atoms with Crippen molar-refractivity contribution in [1.82, 2.24) is 4.98 Å². The van der Waals surface area contributed by atoms with Gasteiger partial charge in [-0.25, -0.2) is 4.98 Å². The number of anilines is 1. The fourth-order valence-corrected chi connectivity index (χ4v) is 0.634. The summed E-state index contributed by atoms with van der Waals surface area (Å²) >= 11 is 0. The zero-order chi connectivity index (χ0) is 7.78. The highest BCUT2D eigenvalue weighted by Gasteiger charge is 2.17. The van der Waals surface area contributed by atoms with Gasteiger partial charge in [0.15, 0.2) is 0 Å². The lowest BCUT2D eigenvalue weighted by molar-refractivity contribution is 0.418. The fraction of sp³-hybridized carbons (Fsp3) is 0.571. The lowest BCUT2D eigenvalue weighted by Gasteiger charge is -2.12. The van der Waals surface area contributed by atoms with Crippen molar-refractivity contribution in [3.63, 3.8) is 0 Å². The highest BCUT2D eigenvalue weighted by atomic mass is 16.4. The molecule has 0 saturated heterocycles. The molecule has 0 atom stereocenters. The Morgan fingerprint density at radius 1 is 1.50 bits per heavy atom. The van der Waals surface area contributed by atoms with Crippen molar-refractivity contribution < 1.29 is 4.42 Å². The van der Waals surface area contributed by atoms with Gasteiger partial charge >= 0.3 is 0 Å². The molecule has 0 saturated carbocycles. The van der Waals surface area contributed by atoms with E-state index in [2.05, 4.69) is 4.98 Å². The first kappa shape index (κ1) is 7.12. The average Bonchev–Trinajstić information content (AvgIpc) is 2.11. The Kier molecular flexibility index (Phi) is 1.43. The Labute approximate surface area is 60.2 Å². The molecule has 56 valence electrons. The van der Waals surface area contributed by atoms with E-state index in [4.69, 9.17) is 10.2 Å². The van der Waals surface area contributed by atoms with Crippen molar-refractivity contribution in [2.75, 3.05) is 5.73 Å². The van der Waals surface area contributed by atoms with E-state index >= 15 is 0 Å². The molecular formula is C7H12N2O. The van der Waals surface area contributed by atoms with E-state index in [0.717, 1.165) is 5.76 Å². The van der Waals surface area contributed by atoms with Crippen LogP contribution in [0.4, 0.5) is 6.01 Å². The van der Waals surface area contributed by atoms with Crippen LogP contribution in [-0.4, -0.2) is 4.98 Å². The van der Waals surface area contributed by atoms with E-state index in [9.17, 15) is 0 Å². The molecule has 1 aromatic rings. The summed E-state index contributed by atoms with van der Waals surface area (Å²) in [6, 6.07) is 0.241. The molecule has 2 N–H and O–H groups in total. The van der Waals surface area contributed by atoms with Crippen molar-refractivity contribution in [2.45, 2.75) is 26.2 Å². The van der Waals surface area contributed by atoms with Gasteiger partial charge in [0.1, 0.15) is 5.76 Å². The quantitative estimate of drug-likeness (QED) is 0.594. The minimum atomic E-state index is 0.00458. The van der Waals surface area contributed by atoms with E-state index in [1.165, 1.54) is 0 Å². The van der Waals surface area contributed by atoms with Crippen molar-refractivity contribution in [3.8, 4) is 0 Å². The normalized spacial score (nSPS) is 11.9. The molecule has 1 aromatic heterocycles. The van der Waals surface area contributed by atoms with E-state index in [-0.39, 0.29) is 11.4 Å². The largest absolute Gasteiger partial charge is 0.428 e. The van der Waals surface area contributed by atoms with Crippen LogP contribution in [0.1, 0.15) is 26.5 Å². The molecule has 1 heterocycles. The maximum Gasteiger partial charge on any atom is 0.292 e. The monoisotopic (exact) mass is 140 g/mol. The molecule has 10 heavy (non-hydrogen) atoms. The minimum Gasteiger partial charge on any atom is -0.428 e. The summed E-state index contributed by atoms with van der Waals surface area (Å²) in [7, 11) is 0. The minimum absolute atomic E-state index is 0.00458. The molecule has 0 bridgehead atoms. The fourth-order valence-electron chi connectivity index (χ4n) is 0.634. The maximum absolute atomic E-state index is 5.30. The van der Waals surface area contributed by atoms with Crippen LogP contribution in [0.15, 0.2) is 10.6 Å². The summed E-state index contributed by atoms with van der Waals surface area (Å²) in [5.74, 6) is 0.824. The lowest BCUT2D eigenvalue weighted by Crippen LogP contribution is -2.09. The average molecular weight is 140 g/mol. The predicted octanol–water partition coefficient (Wildman–Crippen LogP) is 1.55. The molecule has 0 aliphatic carbocycles. The van der Waals surface area contributed by atoms with Gasteiger partial charge in [-0.05, 0) is 0 Å². The second-order valence-electron chi connectivity index (χ2n) is 3.31. The van der Waals surface area contributed by atoms with Gasteiger partial charge in [-0.3, -0.25) is 0 Å². The second kappa shape index (κ2) is 2.01. The first-order valence-electron chi connectivity index (χ1n) is 3.22. The number of aromatic nitrogens is 1. The Morgan fingerprint density at radius 2 is 2.10 bits per heavy atom. The molecule has 0 aromatic carbocycles. The van der Waals surface area contributed by atoms with Crippen molar-refractivity contribution in [2.24, 2.45) is 0 Å². The third-order valence-corrected chi connectivity index (χ3v) is 1.26. The van der Waals surface area contributed by atoms with E-state index < -0.39 is 0 Å². The maximum atomic E-state index is 5.30. The van der Waals surface area contributed by atoms with Crippen molar-refractivity contribution in [3.05, 3.63) is 12.0 Å². The van der Waals surface area contributed by atoms with Crippen LogP contribution in [0, 0.1) is 0 Å². The van der Waals surface area contributed by atoms with Crippen LogP contribution in [0.25, 0.3) is 0 Å². The number of nitrogen functional groups attached to an aromatic ring is 1. The van der Waals surface area contributed by atoms with E-state index in [1.807, 2.05) is 20.8 Å². The van der Waals surface area contributed by atoms with Crippen LogP contribution in [0.5, 0.6) is 0 Å². The highest BCUT2D eigenvalue weighted by Crippen LogP contribution is 2.22. The van der Waals surface area contributed by atoms with Crippen molar-refractivity contribution >= 4 is 6.01 Å². The Morgan fingerprint density at radius 3 is 2.30 bits per heavy atom. The molecular weight excluding hydrogens is 128 g/mol. The first-order chi connectivity index (χ1) is 4.50. The molecule has 3 nitrogen and oxygen atoms in total. The van der Waals surface area contributed by atoms with Crippen LogP contribution in [-0.2, 0) is 5.41 Å². The van der Waals surface area contributed by atoms with Crippen LogP contribution < -0.4 is 5.73 Å². The molecule has 0 spiro atoms. The van der Waals surface area contributed by atoms with Crippen LogP contribution in [0.3, 0.4) is 0 Å². The van der Waals surface area contributed by atoms with Gasteiger partial charge in [0.2, 0.25) is 0 Å². The highest BCUT2D eigenvalue weighted by molar-refractivity contribution is 5.15. The van der Waals surface area contributed by atoms with E-state index in [0.29, 0.717) is 0 Å². The number of nitrogens with zero attached hydrogens (tertiary/aromatic N) is 1. The smallest absolute Gasteiger partial charge is 0.292 e.